The first-order chi connectivity index (χ1) is 7.03. The number of likely N-dealkylation sites (N-methyl/N-ethyl adjacent to an activating group) is 2. The molecule has 1 N–H and O–H groups in total. The third-order valence-corrected chi connectivity index (χ3v) is 3.19. The lowest BCUT2D eigenvalue weighted by Crippen LogP contribution is -2.47. The average Bonchev–Trinajstić information content (AvgIpc) is 2.54. The highest BCUT2D eigenvalue weighted by molar-refractivity contribution is 7.09. The van der Waals surface area contributed by atoms with Crippen molar-refractivity contribution in [3.05, 3.63) is 22.4 Å². The summed E-state index contributed by atoms with van der Waals surface area (Å²) >= 11 is 1.83. The van der Waals surface area contributed by atoms with E-state index in [-0.39, 0.29) is 5.54 Å². The number of rotatable bonds is 6. The Balaban J connectivity index is 2.38. The summed E-state index contributed by atoms with van der Waals surface area (Å²) in [5, 5.41) is 5.63. The molecule has 0 aromatic carbocycles. The molecule has 3 heteroatoms. The summed E-state index contributed by atoms with van der Waals surface area (Å²) in [4.78, 5) is 3.80. The number of hydrogen-bond acceptors (Lipinski definition) is 3. The zero-order valence-corrected chi connectivity index (χ0v) is 11.0. The molecule has 0 aliphatic carbocycles. The Labute approximate surface area is 97.3 Å². The fourth-order valence-electron chi connectivity index (χ4n) is 1.93. The molecule has 2 nitrogen and oxygen atoms in total. The Morgan fingerprint density at radius 3 is 2.73 bits per heavy atom. The Morgan fingerprint density at radius 1 is 1.47 bits per heavy atom. The monoisotopic (exact) mass is 226 g/mol. The lowest BCUT2D eigenvalue weighted by Gasteiger charge is -2.30. The molecule has 0 amide bonds. The van der Waals surface area contributed by atoms with Gasteiger partial charge in [0.2, 0.25) is 0 Å². The highest BCUT2D eigenvalue weighted by Crippen LogP contribution is 2.12. The molecule has 1 aromatic rings. The standard InChI is InChI=1S/C12H22N2S/c1-5-13-12(2,3)10-14(4)9-11-7-6-8-15-11/h6-8,13H,5,9-10H2,1-4H3. The summed E-state index contributed by atoms with van der Waals surface area (Å²) in [5.41, 5.74) is 0.195. The molecule has 0 radical (unpaired) electrons. The summed E-state index contributed by atoms with van der Waals surface area (Å²) < 4.78 is 0. The van der Waals surface area contributed by atoms with Gasteiger partial charge in [-0.25, -0.2) is 0 Å². The molecule has 0 bridgehead atoms. The van der Waals surface area contributed by atoms with Crippen LogP contribution in [-0.4, -0.2) is 30.6 Å². The normalized spacial score (nSPS) is 12.3. The van der Waals surface area contributed by atoms with E-state index in [1.54, 1.807) is 0 Å². The quantitative estimate of drug-likeness (QED) is 0.802. The van der Waals surface area contributed by atoms with E-state index in [0.29, 0.717) is 0 Å². The maximum absolute atomic E-state index is 3.49. The van der Waals surface area contributed by atoms with Crippen LogP contribution in [0.25, 0.3) is 0 Å². The second kappa shape index (κ2) is 5.64. The first kappa shape index (κ1) is 12.7. The predicted molar refractivity (Wildman–Crippen MR) is 68.4 cm³/mol. The largest absolute Gasteiger partial charge is 0.311 e. The van der Waals surface area contributed by atoms with Crippen LogP contribution in [0, 0.1) is 0 Å². The molecular weight excluding hydrogens is 204 g/mol. The molecular formula is C12H22N2S. The lowest BCUT2D eigenvalue weighted by atomic mass is 10.1. The third-order valence-electron chi connectivity index (χ3n) is 2.33. The molecule has 0 fully saturated rings. The van der Waals surface area contributed by atoms with Gasteiger partial charge < -0.3 is 5.32 Å². The fourth-order valence-corrected chi connectivity index (χ4v) is 2.72. The van der Waals surface area contributed by atoms with Gasteiger partial charge in [0.1, 0.15) is 0 Å². The minimum Gasteiger partial charge on any atom is -0.311 e. The van der Waals surface area contributed by atoms with Crippen LogP contribution in [0.5, 0.6) is 0 Å². The SMILES string of the molecule is CCNC(C)(C)CN(C)Cc1cccs1. The van der Waals surface area contributed by atoms with E-state index in [4.69, 9.17) is 0 Å². The Morgan fingerprint density at radius 2 is 2.20 bits per heavy atom. The van der Waals surface area contributed by atoms with E-state index in [1.165, 1.54) is 4.88 Å². The van der Waals surface area contributed by atoms with Gasteiger partial charge in [0.15, 0.2) is 0 Å². The number of nitrogens with one attached hydrogen (secondary N) is 1. The van der Waals surface area contributed by atoms with Crippen LogP contribution >= 0.6 is 11.3 Å². The maximum atomic E-state index is 3.49. The van der Waals surface area contributed by atoms with Crippen molar-refractivity contribution in [1.29, 1.82) is 0 Å². The molecule has 0 saturated heterocycles. The molecule has 1 heterocycles. The van der Waals surface area contributed by atoms with Crippen LogP contribution in [0.1, 0.15) is 25.6 Å². The van der Waals surface area contributed by atoms with Crippen LogP contribution in [0.15, 0.2) is 17.5 Å². The molecule has 0 aliphatic rings. The molecule has 0 unspecified atom stereocenters. The summed E-state index contributed by atoms with van der Waals surface area (Å²) in [6, 6.07) is 4.31. The molecule has 86 valence electrons. The molecule has 0 saturated carbocycles. The zero-order chi connectivity index (χ0) is 11.3. The van der Waals surface area contributed by atoms with Crippen molar-refractivity contribution in [1.82, 2.24) is 10.2 Å². The van der Waals surface area contributed by atoms with Crippen LogP contribution in [0.3, 0.4) is 0 Å². The van der Waals surface area contributed by atoms with E-state index in [0.717, 1.165) is 19.6 Å². The maximum Gasteiger partial charge on any atom is 0.0325 e. The van der Waals surface area contributed by atoms with Crippen molar-refractivity contribution < 1.29 is 0 Å². The van der Waals surface area contributed by atoms with E-state index in [1.807, 2.05) is 11.3 Å². The molecule has 0 spiro atoms. The predicted octanol–water partition coefficient (Wildman–Crippen LogP) is 2.57. The average molecular weight is 226 g/mol. The lowest BCUT2D eigenvalue weighted by molar-refractivity contribution is 0.233. The zero-order valence-electron chi connectivity index (χ0n) is 10.2. The minimum atomic E-state index is 0.195. The van der Waals surface area contributed by atoms with E-state index < -0.39 is 0 Å². The smallest absolute Gasteiger partial charge is 0.0325 e. The second-order valence-electron chi connectivity index (χ2n) is 4.67. The van der Waals surface area contributed by atoms with Crippen molar-refractivity contribution in [2.75, 3.05) is 20.1 Å². The number of nitrogens with zero attached hydrogens (tertiary/aromatic N) is 1. The van der Waals surface area contributed by atoms with Crippen molar-refractivity contribution in [2.24, 2.45) is 0 Å². The summed E-state index contributed by atoms with van der Waals surface area (Å²) in [6.07, 6.45) is 0. The van der Waals surface area contributed by atoms with Gasteiger partial charge in [0.25, 0.3) is 0 Å². The van der Waals surface area contributed by atoms with Crippen molar-refractivity contribution in [3.63, 3.8) is 0 Å². The van der Waals surface area contributed by atoms with Gasteiger partial charge in [-0.15, -0.1) is 11.3 Å². The molecule has 0 atom stereocenters. The Hall–Kier alpha value is -0.380. The molecule has 1 rings (SSSR count). The van der Waals surface area contributed by atoms with Crippen LogP contribution in [0.4, 0.5) is 0 Å². The van der Waals surface area contributed by atoms with Crippen molar-refractivity contribution >= 4 is 11.3 Å². The van der Waals surface area contributed by atoms with Crippen molar-refractivity contribution in [2.45, 2.75) is 32.9 Å². The first-order valence-electron chi connectivity index (χ1n) is 5.49. The number of hydrogen-bond donors (Lipinski definition) is 1. The fraction of sp³-hybridized carbons (Fsp3) is 0.667. The highest BCUT2D eigenvalue weighted by Gasteiger charge is 2.18. The summed E-state index contributed by atoms with van der Waals surface area (Å²) in [7, 11) is 2.18. The van der Waals surface area contributed by atoms with Crippen LogP contribution in [0.2, 0.25) is 0 Å². The van der Waals surface area contributed by atoms with Gasteiger partial charge in [-0.2, -0.15) is 0 Å². The van der Waals surface area contributed by atoms with E-state index >= 15 is 0 Å². The molecule has 0 aliphatic heterocycles. The van der Waals surface area contributed by atoms with Gasteiger partial charge in [-0.1, -0.05) is 13.0 Å². The summed E-state index contributed by atoms with van der Waals surface area (Å²) in [6.45, 7) is 9.80. The van der Waals surface area contributed by atoms with Gasteiger partial charge in [-0.3, -0.25) is 4.90 Å². The van der Waals surface area contributed by atoms with Crippen molar-refractivity contribution in [3.8, 4) is 0 Å². The summed E-state index contributed by atoms with van der Waals surface area (Å²) in [5.74, 6) is 0. The van der Waals surface area contributed by atoms with Gasteiger partial charge in [0.05, 0.1) is 0 Å². The molecule has 15 heavy (non-hydrogen) atoms. The van der Waals surface area contributed by atoms with Crippen LogP contribution in [-0.2, 0) is 6.54 Å². The highest BCUT2D eigenvalue weighted by atomic mass is 32.1. The molecule has 1 aromatic heterocycles. The van der Waals surface area contributed by atoms with E-state index in [9.17, 15) is 0 Å². The second-order valence-corrected chi connectivity index (χ2v) is 5.70. The van der Waals surface area contributed by atoms with E-state index in [2.05, 4.69) is 55.5 Å². The van der Waals surface area contributed by atoms with Gasteiger partial charge in [-0.05, 0) is 38.9 Å². The van der Waals surface area contributed by atoms with Crippen LogP contribution < -0.4 is 5.32 Å². The van der Waals surface area contributed by atoms with Gasteiger partial charge in [0, 0.05) is 23.5 Å². The number of thiophene rings is 1. The topological polar surface area (TPSA) is 15.3 Å². The van der Waals surface area contributed by atoms with Gasteiger partial charge >= 0.3 is 0 Å². The Kier molecular flexibility index (Phi) is 4.77. The Bertz CT molecular complexity index is 267. The first-order valence-corrected chi connectivity index (χ1v) is 6.37. The minimum absolute atomic E-state index is 0.195. The third kappa shape index (κ3) is 4.78.